The van der Waals surface area contributed by atoms with Crippen molar-refractivity contribution in [3.63, 3.8) is 0 Å². The fraction of sp³-hybridized carbons (Fsp3) is 0.500. The van der Waals surface area contributed by atoms with E-state index in [2.05, 4.69) is 6.08 Å². The van der Waals surface area contributed by atoms with Gasteiger partial charge in [0.05, 0.1) is 13.7 Å². The van der Waals surface area contributed by atoms with Gasteiger partial charge in [-0.2, -0.15) is 0 Å². The van der Waals surface area contributed by atoms with Crippen LogP contribution < -0.4 is 4.74 Å². The van der Waals surface area contributed by atoms with Crippen LogP contribution in [0, 0.1) is 5.92 Å². The van der Waals surface area contributed by atoms with Crippen molar-refractivity contribution in [2.24, 2.45) is 5.92 Å². The van der Waals surface area contributed by atoms with Crippen molar-refractivity contribution in [1.82, 2.24) is 0 Å². The lowest BCUT2D eigenvalue weighted by Crippen LogP contribution is -2.12. The highest BCUT2D eigenvalue weighted by Gasteiger charge is 2.17. The Kier molecular flexibility index (Phi) is 7.04. The monoisotopic (exact) mass is 330 g/mol. The van der Waals surface area contributed by atoms with Crippen molar-refractivity contribution in [2.75, 3.05) is 13.7 Å². The predicted molar refractivity (Wildman–Crippen MR) is 93.2 cm³/mol. The first-order valence-corrected chi connectivity index (χ1v) is 8.63. The van der Waals surface area contributed by atoms with Crippen LogP contribution in [0.15, 0.2) is 35.9 Å². The maximum absolute atomic E-state index is 12.8. The van der Waals surface area contributed by atoms with Crippen molar-refractivity contribution in [1.29, 1.82) is 0 Å². The Bertz CT molecular complexity index is 580. The summed E-state index contributed by atoms with van der Waals surface area (Å²) in [7, 11) is 1.60. The van der Waals surface area contributed by atoms with E-state index in [1.54, 1.807) is 31.4 Å². The molecule has 0 bridgehead atoms. The van der Waals surface area contributed by atoms with Gasteiger partial charge in [0, 0.05) is 18.9 Å². The number of rotatable bonds is 7. The Morgan fingerprint density at radius 1 is 1.12 bits per heavy atom. The summed E-state index contributed by atoms with van der Waals surface area (Å²) in [6.07, 6.45) is 8.54. The summed E-state index contributed by atoms with van der Waals surface area (Å²) in [5.41, 5.74) is 1.38. The standard InChI is InChI=1S/C20H26O4/c1-15(21)24-13-12-18(14-16-6-4-3-5-7-16)20(22)17-8-10-19(23-2)11-9-17/h8-11,14,16H,3-7,12-13H2,1-2H3/b18-14+. The van der Waals surface area contributed by atoms with E-state index in [9.17, 15) is 9.59 Å². The smallest absolute Gasteiger partial charge is 0.302 e. The molecule has 4 nitrogen and oxygen atoms in total. The van der Waals surface area contributed by atoms with Gasteiger partial charge in [-0.15, -0.1) is 0 Å². The van der Waals surface area contributed by atoms with E-state index >= 15 is 0 Å². The Labute approximate surface area is 143 Å². The second-order valence-corrected chi connectivity index (χ2v) is 6.24. The molecule has 130 valence electrons. The van der Waals surface area contributed by atoms with E-state index in [-0.39, 0.29) is 18.4 Å². The number of carbonyl (C=O) groups is 2. The highest BCUT2D eigenvalue weighted by molar-refractivity contribution is 6.08. The van der Waals surface area contributed by atoms with Gasteiger partial charge in [0.2, 0.25) is 0 Å². The molecule has 0 radical (unpaired) electrons. The van der Waals surface area contributed by atoms with Crippen molar-refractivity contribution in [3.05, 3.63) is 41.5 Å². The second-order valence-electron chi connectivity index (χ2n) is 6.24. The summed E-state index contributed by atoms with van der Waals surface area (Å²) in [6, 6.07) is 7.14. The van der Waals surface area contributed by atoms with Crippen LogP contribution in [0.4, 0.5) is 0 Å². The van der Waals surface area contributed by atoms with Gasteiger partial charge in [-0.3, -0.25) is 9.59 Å². The SMILES string of the molecule is COc1ccc(C(=O)/C(=C/C2CCCCC2)CCOC(C)=O)cc1. The molecule has 24 heavy (non-hydrogen) atoms. The minimum atomic E-state index is -0.316. The summed E-state index contributed by atoms with van der Waals surface area (Å²) in [4.78, 5) is 23.8. The topological polar surface area (TPSA) is 52.6 Å². The lowest BCUT2D eigenvalue weighted by atomic mass is 9.86. The average molecular weight is 330 g/mol. The van der Waals surface area contributed by atoms with E-state index in [4.69, 9.17) is 9.47 Å². The van der Waals surface area contributed by atoms with E-state index in [0.29, 0.717) is 17.9 Å². The Hall–Kier alpha value is -2.10. The zero-order valence-electron chi connectivity index (χ0n) is 14.5. The molecule has 0 aromatic heterocycles. The third kappa shape index (κ3) is 5.52. The van der Waals surface area contributed by atoms with Crippen molar-refractivity contribution >= 4 is 11.8 Å². The van der Waals surface area contributed by atoms with Crippen LogP contribution in [0.3, 0.4) is 0 Å². The van der Waals surface area contributed by atoms with Gasteiger partial charge in [-0.05, 0) is 48.6 Å². The average Bonchev–Trinajstić information content (AvgIpc) is 2.61. The highest BCUT2D eigenvalue weighted by atomic mass is 16.5. The van der Waals surface area contributed by atoms with E-state index in [0.717, 1.165) is 24.2 Å². The number of ketones is 1. The van der Waals surface area contributed by atoms with Gasteiger partial charge in [0.1, 0.15) is 5.75 Å². The minimum Gasteiger partial charge on any atom is -0.497 e. The number of Topliss-reactive ketones (excluding diaryl/α,β-unsaturated/α-hetero) is 1. The fourth-order valence-corrected chi connectivity index (χ4v) is 3.09. The Morgan fingerprint density at radius 2 is 1.79 bits per heavy atom. The van der Waals surface area contributed by atoms with Gasteiger partial charge < -0.3 is 9.47 Å². The van der Waals surface area contributed by atoms with Crippen molar-refractivity contribution in [2.45, 2.75) is 45.4 Å². The molecular formula is C20H26O4. The van der Waals surface area contributed by atoms with Crippen LogP contribution in [-0.2, 0) is 9.53 Å². The second kappa shape index (κ2) is 9.26. The van der Waals surface area contributed by atoms with Crippen LogP contribution >= 0.6 is 0 Å². The molecule has 0 spiro atoms. The quantitative estimate of drug-likeness (QED) is 0.424. The molecule has 1 aromatic rings. The number of benzene rings is 1. The number of methoxy groups -OCH3 is 1. The number of allylic oxidation sites excluding steroid dienone is 1. The molecule has 1 aromatic carbocycles. The van der Waals surface area contributed by atoms with Gasteiger partial charge in [0.25, 0.3) is 0 Å². The zero-order valence-corrected chi connectivity index (χ0v) is 14.5. The third-order valence-corrected chi connectivity index (χ3v) is 4.41. The van der Waals surface area contributed by atoms with Crippen LogP contribution in [0.25, 0.3) is 0 Å². The molecule has 1 aliphatic rings. The van der Waals surface area contributed by atoms with Gasteiger partial charge in [-0.25, -0.2) is 0 Å². The fourth-order valence-electron chi connectivity index (χ4n) is 3.09. The van der Waals surface area contributed by atoms with E-state index < -0.39 is 0 Å². The highest BCUT2D eigenvalue weighted by Crippen LogP contribution is 2.27. The molecule has 1 aliphatic carbocycles. The molecule has 2 rings (SSSR count). The predicted octanol–water partition coefficient (Wildman–Crippen LogP) is 4.34. The maximum atomic E-state index is 12.8. The molecule has 0 atom stereocenters. The molecule has 0 unspecified atom stereocenters. The molecular weight excluding hydrogens is 304 g/mol. The zero-order chi connectivity index (χ0) is 17.4. The number of hydrogen-bond donors (Lipinski definition) is 0. The normalized spacial score (nSPS) is 15.8. The largest absolute Gasteiger partial charge is 0.497 e. The Morgan fingerprint density at radius 3 is 2.38 bits per heavy atom. The number of ether oxygens (including phenoxy) is 2. The first kappa shape index (κ1) is 18.2. The van der Waals surface area contributed by atoms with Crippen LogP contribution in [-0.4, -0.2) is 25.5 Å². The number of carbonyl (C=O) groups excluding carboxylic acids is 2. The van der Waals surface area contributed by atoms with Crippen molar-refractivity contribution in [3.8, 4) is 5.75 Å². The molecule has 0 N–H and O–H groups in total. The van der Waals surface area contributed by atoms with Crippen LogP contribution in [0.5, 0.6) is 5.75 Å². The van der Waals surface area contributed by atoms with Gasteiger partial charge >= 0.3 is 5.97 Å². The van der Waals surface area contributed by atoms with Crippen LogP contribution in [0.2, 0.25) is 0 Å². The Balaban J connectivity index is 2.13. The first-order valence-electron chi connectivity index (χ1n) is 8.63. The van der Waals surface area contributed by atoms with Crippen LogP contribution in [0.1, 0.15) is 55.8 Å². The number of esters is 1. The molecule has 1 saturated carbocycles. The third-order valence-electron chi connectivity index (χ3n) is 4.41. The molecule has 0 heterocycles. The summed E-state index contributed by atoms with van der Waals surface area (Å²) in [6.45, 7) is 1.63. The summed E-state index contributed by atoms with van der Waals surface area (Å²) in [5.74, 6) is 0.872. The lowest BCUT2D eigenvalue weighted by Gasteiger charge is -2.19. The number of hydrogen-bond acceptors (Lipinski definition) is 4. The molecule has 1 fully saturated rings. The summed E-state index contributed by atoms with van der Waals surface area (Å²) < 4.78 is 10.2. The minimum absolute atomic E-state index is 0.00961. The van der Waals surface area contributed by atoms with Crippen molar-refractivity contribution < 1.29 is 19.1 Å². The van der Waals surface area contributed by atoms with Gasteiger partial charge in [0.15, 0.2) is 5.78 Å². The molecule has 0 amide bonds. The molecule has 0 saturated heterocycles. The van der Waals surface area contributed by atoms with Gasteiger partial charge in [-0.1, -0.05) is 25.3 Å². The summed E-state index contributed by atoms with van der Waals surface area (Å²) in [5, 5.41) is 0. The molecule has 4 heteroatoms. The first-order chi connectivity index (χ1) is 11.6. The maximum Gasteiger partial charge on any atom is 0.302 e. The molecule has 0 aliphatic heterocycles. The van der Waals surface area contributed by atoms with E-state index in [1.165, 1.54) is 26.2 Å². The van der Waals surface area contributed by atoms with E-state index in [1.807, 2.05) is 0 Å². The summed E-state index contributed by atoms with van der Waals surface area (Å²) >= 11 is 0. The lowest BCUT2D eigenvalue weighted by molar-refractivity contribution is -0.140.